The van der Waals surface area contributed by atoms with Gasteiger partial charge in [-0.05, 0) is 42.0 Å². The first kappa shape index (κ1) is 21.2. The van der Waals surface area contributed by atoms with Gasteiger partial charge in [-0.1, -0.05) is 29.8 Å². The fourth-order valence-electron chi connectivity index (χ4n) is 2.86. The second-order valence-corrected chi connectivity index (χ2v) is 7.73. The van der Waals surface area contributed by atoms with Gasteiger partial charge < -0.3 is 4.74 Å². The molecule has 4 rings (SSSR count). The van der Waals surface area contributed by atoms with Gasteiger partial charge in [-0.2, -0.15) is 5.26 Å². The van der Waals surface area contributed by atoms with E-state index in [1.165, 1.54) is 23.5 Å². The van der Waals surface area contributed by atoms with Gasteiger partial charge in [0.05, 0.1) is 21.2 Å². The minimum Gasteiger partial charge on any atom is -0.449 e. The maximum atomic E-state index is 11.6. The predicted octanol–water partition coefficient (Wildman–Crippen LogP) is 6.62. The molecule has 2 heterocycles. The zero-order valence-electron chi connectivity index (χ0n) is 16.3. The van der Waals surface area contributed by atoms with Crippen LogP contribution in [0.25, 0.3) is 22.9 Å². The van der Waals surface area contributed by atoms with Gasteiger partial charge in [-0.25, -0.2) is 4.98 Å². The fourth-order valence-corrected chi connectivity index (χ4v) is 3.83. The lowest BCUT2D eigenvalue weighted by molar-refractivity contribution is -0.385. The SMILES string of the molecule is N#C/C(=C/c1ccc(Oc2ccccc2Cl)c([N+](=O)[O-])c1)c1nc(-c2ccncc2)cs1. The van der Waals surface area contributed by atoms with Crippen molar-refractivity contribution in [3.63, 3.8) is 0 Å². The highest BCUT2D eigenvalue weighted by atomic mass is 35.5. The van der Waals surface area contributed by atoms with Gasteiger partial charge in [0.15, 0.2) is 0 Å². The fraction of sp³-hybridized carbons (Fsp3) is 0. The van der Waals surface area contributed by atoms with Crippen LogP contribution in [0.4, 0.5) is 5.69 Å². The van der Waals surface area contributed by atoms with Gasteiger partial charge in [0.25, 0.3) is 0 Å². The number of allylic oxidation sites excluding steroid dienone is 1. The Bertz CT molecular complexity index is 1360. The minimum absolute atomic E-state index is 0.0491. The highest BCUT2D eigenvalue weighted by Gasteiger charge is 2.18. The first-order valence-electron chi connectivity index (χ1n) is 9.24. The highest BCUT2D eigenvalue weighted by molar-refractivity contribution is 7.11. The van der Waals surface area contributed by atoms with E-state index < -0.39 is 4.92 Å². The molecule has 0 bridgehead atoms. The van der Waals surface area contributed by atoms with Crippen LogP contribution < -0.4 is 4.74 Å². The predicted molar refractivity (Wildman–Crippen MR) is 123 cm³/mol. The van der Waals surface area contributed by atoms with Crippen LogP contribution in [0.3, 0.4) is 0 Å². The van der Waals surface area contributed by atoms with Crippen LogP contribution in [0.15, 0.2) is 72.4 Å². The Morgan fingerprint density at radius 2 is 1.94 bits per heavy atom. The number of ether oxygens (including phenoxy) is 1. The Balaban J connectivity index is 1.66. The average molecular weight is 461 g/mol. The summed E-state index contributed by atoms with van der Waals surface area (Å²) in [6, 6.07) is 16.9. The Hall–Kier alpha value is -4.06. The van der Waals surface area contributed by atoms with E-state index >= 15 is 0 Å². The number of benzene rings is 2. The van der Waals surface area contributed by atoms with Crippen molar-refractivity contribution in [2.45, 2.75) is 0 Å². The number of nitrogens with zero attached hydrogens (tertiary/aromatic N) is 4. The van der Waals surface area contributed by atoms with E-state index in [2.05, 4.69) is 16.0 Å². The molecule has 0 fully saturated rings. The van der Waals surface area contributed by atoms with E-state index in [-0.39, 0.29) is 11.4 Å². The molecule has 156 valence electrons. The summed E-state index contributed by atoms with van der Waals surface area (Å²) in [7, 11) is 0. The van der Waals surface area contributed by atoms with Crippen LogP contribution in [0.5, 0.6) is 11.5 Å². The molecule has 0 amide bonds. The van der Waals surface area contributed by atoms with Gasteiger partial charge in [0, 0.05) is 29.4 Å². The molecule has 0 aliphatic rings. The number of nitro benzene ring substituents is 1. The average Bonchev–Trinajstić information content (AvgIpc) is 3.30. The van der Waals surface area contributed by atoms with Crippen LogP contribution in [0.2, 0.25) is 5.02 Å². The van der Waals surface area contributed by atoms with E-state index in [9.17, 15) is 15.4 Å². The van der Waals surface area contributed by atoms with Crippen molar-refractivity contribution in [2.75, 3.05) is 0 Å². The van der Waals surface area contributed by atoms with Gasteiger partial charge in [-0.3, -0.25) is 15.1 Å². The summed E-state index contributed by atoms with van der Waals surface area (Å²) in [6.45, 7) is 0. The Labute approximate surface area is 192 Å². The lowest BCUT2D eigenvalue weighted by Gasteiger charge is -2.08. The van der Waals surface area contributed by atoms with E-state index in [0.29, 0.717) is 26.9 Å². The van der Waals surface area contributed by atoms with E-state index in [1.807, 2.05) is 17.5 Å². The molecule has 0 saturated heterocycles. The van der Waals surface area contributed by atoms with E-state index in [4.69, 9.17) is 16.3 Å². The number of nitriles is 1. The van der Waals surface area contributed by atoms with Crippen molar-refractivity contribution < 1.29 is 9.66 Å². The topological polar surface area (TPSA) is 102 Å². The third-order valence-corrected chi connectivity index (χ3v) is 5.57. The van der Waals surface area contributed by atoms with Crippen LogP contribution >= 0.6 is 22.9 Å². The number of hydrogen-bond donors (Lipinski definition) is 0. The first-order valence-corrected chi connectivity index (χ1v) is 10.5. The summed E-state index contributed by atoms with van der Waals surface area (Å²) in [6.07, 6.45) is 4.89. The molecule has 2 aromatic carbocycles. The third-order valence-electron chi connectivity index (χ3n) is 4.38. The number of aromatic nitrogens is 2. The molecule has 2 aromatic heterocycles. The molecule has 0 saturated carbocycles. The summed E-state index contributed by atoms with van der Waals surface area (Å²) in [5, 5.41) is 24.0. The van der Waals surface area contributed by atoms with Gasteiger partial charge in [-0.15, -0.1) is 11.3 Å². The standard InChI is InChI=1S/C23H13ClN4O3S/c24-18-3-1-2-4-21(18)31-22-6-5-15(12-20(22)28(29)30)11-17(13-25)23-27-19(14-32-23)16-7-9-26-10-8-16/h1-12,14H/b17-11-. The van der Waals surface area contributed by atoms with Crippen LogP contribution in [-0.2, 0) is 0 Å². The molecule has 0 unspecified atom stereocenters. The zero-order chi connectivity index (χ0) is 22.5. The molecule has 0 radical (unpaired) electrons. The number of rotatable bonds is 6. The summed E-state index contributed by atoms with van der Waals surface area (Å²) in [5.41, 5.74) is 2.14. The molecule has 4 aromatic rings. The monoisotopic (exact) mass is 460 g/mol. The first-order chi connectivity index (χ1) is 15.5. The summed E-state index contributed by atoms with van der Waals surface area (Å²) >= 11 is 7.41. The highest BCUT2D eigenvalue weighted by Crippen LogP contribution is 2.36. The lowest BCUT2D eigenvalue weighted by atomic mass is 10.1. The number of para-hydroxylation sites is 1. The van der Waals surface area contributed by atoms with Crippen LogP contribution in [0.1, 0.15) is 10.6 Å². The Morgan fingerprint density at radius 3 is 2.66 bits per heavy atom. The third kappa shape index (κ3) is 4.64. The van der Waals surface area contributed by atoms with E-state index in [0.717, 1.165) is 11.3 Å². The quantitative estimate of drug-likeness (QED) is 0.182. The molecular formula is C23H13ClN4O3S. The number of halogens is 1. The van der Waals surface area contributed by atoms with Gasteiger partial charge in [0.1, 0.15) is 16.8 Å². The van der Waals surface area contributed by atoms with Crippen molar-refractivity contribution in [3.8, 4) is 28.8 Å². The molecule has 0 aliphatic heterocycles. The molecule has 0 N–H and O–H groups in total. The van der Waals surface area contributed by atoms with Crippen LogP contribution in [-0.4, -0.2) is 14.9 Å². The second-order valence-electron chi connectivity index (χ2n) is 6.46. The number of thiazole rings is 1. The smallest absolute Gasteiger partial charge is 0.312 e. The second kappa shape index (κ2) is 9.39. The van der Waals surface area contributed by atoms with Crippen LogP contribution in [0, 0.1) is 21.4 Å². The van der Waals surface area contributed by atoms with Crippen molar-refractivity contribution >= 4 is 40.3 Å². The summed E-state index contributed by atoms with van der Waals surface area (Å²) in [4.78, 5) is 19.6. The van der Waals surface area contributed by atoms with Gasteiger partial charge >= 0.3 is 5.69 Å². The van der Waals surface area contributed by atoms with Crippen molar-refractivity contribution in [1.82, 2.24) is 9.97 Å². The molecule has 0 atom stereocenters. The summed E-state index contributed by atoms with van der Waals surface area (Å²) < 4.78 is 5.65. The van der Waals surface area contributed by atoms with Crippen molar-refractivity contribution in [3.05, 3.63) is 98.1 Å². The molecular weight excluding hydrogens is 448 g/mol. The van der Waals surface area contributed by atoms with Gasteiger partial charge in [0.2, 0.25) is 5.75 Å². The minimum atomic E-state index is -0.541. The lowest BCUT2D eigenvalue weighted by Crippen LogP contribution is -1.94. The summed E-state index contributed by atoms with van der Waals surface area (Å²) in [5.74, 6) is 0.359. The largest absolute Gasteiger partial charge is 0.449 e. The molecule has 0 spiro atoms. The van der Waals surface area contributed by atoms with Crippen molar-refractivity contribution in [1.29, 1.82) is 5.26 Å². The molecule has 0 aliphatic carbocycles. The normalized spacial score (nSPS) is 11.1. The maximum absolute atomic E-state index is 11.6. The molecule has 7 nitrogen and oxygen atoms in total. The van der Waals surface area contributed by atoms with Crippen molar-refractivity contribution in [2.24, 2.45) is 0 Å². The van der Waals surface area contributed by atoms with E-state index in [1.54, 1.807) is 48.8 Å². The molecule has 32 heavy (non-hydrogen) atoms. The Kier molecular flexibility index (Phi) is 6.22. The zero-order valence-corrected chi connectivity index (χ0v) is 17.9. The Morgan fingerprint density at radius 1 is 1.16 bits per heavy atom. The number of pyridine rings is 1. The number of nitro groups is 1. The maximum Gasteiger partial charge on any atom is 0.312 e. The molecule has 9 heteroatoms. The number of hydrogen-bond acceptors (Lipinski definition) is 7.